The molecule has 0 saturated heterocycles. The van der Waals surface area contributed by atoms with Gasteiger partial charge >= 0.3 is 5.97 Å². The van der Waals surface area contributed by atoms with Crippen LogP contribution in [0.4, 0.5) is 0 Å². The summed E-state index contributed by atoms with van der Waals surface area (Å²) in [7, 11) is 0. The van der Waals surface area contributed by atoms with Crippen molar-refractivity contribution < 1.29 is 19.1 Å². The normalized spacial score (nSPS) is 40.8. The fourth-order valence-electron chi connectivity index (χ4n) is 12.9. The Bertz CT molecular complexity index is 1550. The molecule has 246 valence electrons. The number of aromatic carboxylic acids is 1. The Morgan fingerprint density at radius 2 is 1.70 bits per heavy atom. The minimum absolute atomic E-state index is 0.00892. The number of carbonyl (C=O) groups is 2. The highest BCUT2D eigenvalue weighted by Crippen LogP contribution is 2.77. The lowest BCUT2D eigenvalue weighted by Crippen LogP contribution is -2.66. The van der Waals surface area contributed by atoms with E-state index < -0.39 is 5.97 Å². The molecule has 4 fully saturated rings. The van der Waals surface area contributed by atoms with E-state index in [1.807, 2.05) is 18.2 Å². The molecule has 2 aromatic rings. The molecule has 7 rings (SSSR count). The predicted molar refractivity (Wildman–Crippen MR) is 182 cm³/mol. The Morgan fingerprint density at radius 1 is 0.935 bits per heavy atom. The Labute approximate surface area is 275 Å². The molecule has 0 radical (unpaired) electrons. The van der Waals surface area contributed by atoms with Crippen molar-refractivity contribution in [1.29, 1.82) is 0 Å². The maximum atomic E-state index is 14.2. The molecule has 5 aliphatic carbocycles. The molecule has 0 aliphatic heterocycles. The molecule has 1 amide bonds. The van der Waals surface area contributed by atoms with Crippen molar-refractivity contribution >= 4 is 17.4 Å². The van der Waals surface area contributed by atoms with Crippen molar-refractivity contribution in [2.24, 2.45) is 56.7 Å². The summed E-state index contributed by atoms with van der Waals surface area (Å²) in [5.74, 6) is 1.80. The number of allylic oxidation sites excluding steroid dienone is 3. The summed E-state index contributed by atoms with van der Waals surface area (Å²) in [4.78, 5) is 25.7. The van der Waals surface area contributed by atoms with E-state index in [4.69, 9.17) is 4.42 Å². The molecule has 5 heteroatoms. The third-order valence-corrected chi connectivity index (χ3v) is 15.3. The number of carbonyl (C=O) groups excluding carboxylic acids is 1. The van der Waals surface area contributed by atoms with E-state index in [0.29, 0.717) is 41.7 Å². The van der Waals surface area contributed by atoms with Gasteiger partial charge in [-0.05, 0) is 138 Å². The van der Waals surface area contributed by atoms with E-state index in [0.717, 1.165) is 43.2 Å². The number of hydrogen-bond acceptors (Lipinski definition) is 3. The van der Waals surface area contributed by atoms with Crippen molar-refractivity contribution in [3.8, 4) is 0 Å². The summed E-state index contributed by atoms with van der Waals surface area (Å²) < 4.78 is 5.27. The minimum atomic E-state index is -0.876. The molecule has 5 nitrogen and oxygen atoms in total. The van der Waals surface area contributed by atoms with Crippen LogP contribution in [0.3, 0.4) is 0 Å². The van der Waals surface area contributed by atoms with E-state index in [1.54, 1.807) is 24.7 Å². The van der Waals surface area contributed by atoms with Gasteiger partial charge in [0.2, 0.25) is 5.91 Å². The second kappa shape index (κ2) is 10.7. The van der Waals surface area contributed by atoms with E-state index in [2.05, 4.69) is 58.7 Å². The van der Waals surface area contributed by atoms with Crippen LogP contribution in [0.15, 0.2) is 66.0 Å². The number of furan rings is 1. The first-order chi connectivity index (χ1) is 21.8. The van der Waals surface area contributed by atoms with E-state index in [1.165, 1.54) is 31.3 Å². The van der Waals surface area contributed by atoms with Crippen LogP contribution in [-0.2, 0) is 11.3 Å². The maximum absolute atomic E-state index is 14.2. The zero-order chi connectivity index (χ0) is 32.7. The van der Waals surface area contributed by atoms with Gasteiger partial charge in [0, 0.05) is 12.1 Å². The van der Waals surface area contributed by atoms with Crippen LogP contribution < -0.4 is 5.32 Å². The lowest BCUT2D eigenvalue weighted by molar-refractivity contribution is -0.224. The van der Waals surface area contributed by atoms with E-state index >= 15 is 0 Å². The van der Waals surface area contributed by atoms with E-state index in [-0.39, 0.29) is 33.0 Å². The smallest absolute Gasteiger partial charge is 0.335 e. The maximum Gasteiger partial charge on any atom is 0.335 e. The molecular weight excluding hydrogens is 570 g/mol. The van der Waals surface area contributed by atoms with Crippen LogP contribution in [0.1, 0.15) is 114 Å². The van der Waals surface area contributed by atoms with E-state index in [9.17, 15) is 14.7 Å². The zero-order valence-electron chi connectivity index (χ0n) is 28.5. The van der Waals surface area contributed by atoms with Crippen LogP contribution >= 0.6 is 0 Å². The molecule has 9 atom stereocenters. The molecule has 46 heavy (non-hydrogen) atoms. The summed E-state index contributed by atoms with van der Waals surface area (Å²) in [5.41, 5.74) is 4.15. The van der Waals surface area contributed by atoms with Gasteiger partial charge in [0.25, 0.3) is 0 Å². The van der Waals surface area contributed by atoms with Crippen molar-refractivity contribution in [1.82, 2.24) is 5.32 Å². The second-order valence-corrected chi connectivity index (χ2v) is 17.0. The molecular formula is C41H53NO4. The molecule has 1 aromatic carbocycles. The number of carboxylic acid groups (broad SMARTS) is 1. The Hall–Kier alpha value is -3.08. The number of benzene rings is 1. The highest BCUT2D eigenvalue weighted by Gasteiger charge is 2.71. The average Bonchev–Trinajstić information content (AvgIpc) is 3.69. The number of fused-ring (bicyclic) bond motifs is 7. The van der Waals surface area contributed by atoms with Crippen LogP contribution in [0.25, 0.3) is 5.57 Å². The lowest BCUT2D eigenvalue weighted by Gasteiger charge is -2.72. The van der Waals surface area contributed by atoms with Crippen molar-refractivity contribution in [2.45, 2.75) is 99.0 Å². The van der Waals surface area contributed by atoms with Gasteiger partial charge in [0.1, 0.15) is 0 Å². The number of hydrogen-bond donors (Lipinski definition) is 2. The summed E-state index contributed by atoms with van der Waals surface area (Å²) >= 11 is 0. The zero-order valence-corrected chi connectivity index (χ0v) is 28.5. The van der Waals surface area contributed by atoms with Crippen LogP contribution in [-0.4, -0.2) is 17.0 Å². The number of carboxylic acids is 1. The number of nitrogens with one attached hydrogen (secondary N) is 1. The lowest BCUT2D eigenvalue weighted by atomic mass is 9.32. The highest BCUT2D eigenvalue weighted by atomic mass is 16.4. The van der Waals surface area contributed by atoms with Gasteiger partial charge in [-0.2, -0.15) is 0 Å². The van der Waals surface area contributed by atoms with Crippen LogP contribution in [0, 0.1) is 56.7 Å². The van der Waals surface area contributed by atoms with Crippen LogP contribution in [0.2, 0.25) is 0 Å². The average molecular weight is 624 g/mol. The summed E-state index contributed by atoms with van der Waals surface area (Å²) in [6.07, 6.45) is 18.1. The quantitative estimate of drug-likeness (QED) is 0.314. The highest BCUT2D eigenvalue weighted by molar-refractivity contribution is 5.88. The van der Waals surface area contributed by atoms with Gasteiger partial charge in [-0.25, -0.2) is 4.79 Å². The summed E-state index contributed by atoms with van der Waals surface area (Å²) in [5, 5.41) is 12.8. The summed E-state index contributed by atoms with van der Waals surface area (Å²) in [6, 6.07) is 9.46. The molecule has 4 saturated carbocycles. The van der Waals surface area contributed by atoms with Crippen molar-refractivity contribution in [3.63, 3.8) is 0 Å². The third-order valence-electron chi connectivity index (χ3n) is 15.3. The van der Waals surface area contributed by atoms with Crippen LogP contribution in [0.5, 0.6) is 0 Å². The molecule has 1 aromatic heterocycles. The van der Waals surface area contributed by atoms with Gasteiger partial charge in [-0.3, -0.25) is 4.79 Å². The minimum Gasteiger partial charge on any atom is -0.478 e. The number of rotatable bonds is 6. The molecule has 5 aliphatic rings. The van der Waals surface area contributed by atoms with Gasteiger partial charge < -0.3 is 14.8 Å². The molecule has 0 bridgehead atoms. The van der Waals surface area contributed by atoms with Gasteiger partial charge in [-0.1, -0.05) is 58.9 Å². The molecule has 0 unspecified atom stereocenters. The number of amides is 1. The monoisotopic (exact) mass is 623 g/mol. The van der Waals surface area contributed by atoms with Crippen molar-refractivity contribution in [2.75, 3.05) is 0 Å². The molecule has 1 heterocycles. The van der Waals surface area contributed by atoms with Gasteiger partial charge in [-0.15, -0.1) is 6.58 Å². The standard InChI is InChI=1S/C41H53NO4/c1-7-27-14-20-41(36(45)42-24-26-17-23-46-25-26)22-21-39(5)31(34(27)41)12-13-33-38(4)18-15-30(28-8-10-29(11-9-28)35(43)44)37(2,3)32(38)16-19-40(33,39)6/h7-11,15,17,23,25,27,31-34H,1,12-14,16,18-22,24H2,2-6H3,(H,42,45)(H,43,44)/t27-,31-,32+,33-,34-,38+,39-,40-,41+/m1/s1. The van der Waals surface area contributed by atoms with Gasteiger partial charge in [0.05, 0.1) is 23.5 Å². The topological polar surface area (TPSA) is 79.5 Å². The predicted octanol–water partition coefficient (Wildman–Crippen LogP) is 9.55. The first kappa shape index (κ1) is 31.5. The fraction of sp³-hybridized carbons (Fsp3) is 0.610. The fourth-order valence-corrected chi connectivity index (χ4v) is 12.9. The first-order valence-corrected chi connectivity index (χ1v) is 17.8. The van der Waals surface area contributed by atoms with Crippen molar-refractivity contribution in [3.05, 3.63) is 78.3 Å². The molecule has 2 N–H and O–H groups in total. The largest absolute Gasteiger partial charge is 0.478 e. The third kappa shape index (κ3) is 4.25. The molecule has 0 spiro atoms. The second-order valence-electron chi connectivity index (χ2n) is 17.0. The van der Waals surface area contributed by atoms with Gasteiger partial charge in [0.15, 0.2) is 0 Å². The Balaban J connectivity index is 1.20. The Morgan fingerprint density at radius 3 is 2.37 bits per heavy atom. The summed E-state index contributed by atoms with van der Waals surface area (Å²) in [6.45, 7) is 17.6. The first-order valence-electron chi connectivity index (χ1n) is 17.8. The Kier molecular flexibility index (Phi) is 7.34. The SMILES string of the molecule is C=C[C@@H]1CC[C@]2(C(=O)NCc3ccoc3)CC[C@]3(C)[C@H](CC[C@@H]4[C@@]5(C)CC=C(c6ccc(C(=O)O)cc6)C(C)(C)[C@@H]5CC[C@]43C)[C@@H]12.